The van der Waals surface area contributed by atoms with E-state index in [4.69, 9.17) is 0 Å². The molecule has 2 unspecified atom stereocenters. The minimum atomic E-state index is -0.838. The van der Waals surface area contributed by atoms with E-state index in [0.29, 0.717) is 6.42 Å². The molecular formula is C45H87NO3. The molecule has 0 fully saturated rings. The number of aliphatic hydroxyl groups is 2. The van der Waals surface area contributed by atoms with Crippen LogP contribution in [-0.4, -0.2) is 34.9 Å². The molecule has 0 bridgehead atoms. The third-order valence-corrected chi connectivity index (χ3v) is 10.2. The second kappa shape index (κ2) is 41.3. The molecule has 0 saturated carbocycles. The fourth-order valence-corrected chi connectivity index (χ4v) is 6.76. The molecule has 0 aliphatic rings. The number of amides is 1. The first-order valence-corrected chi connectivity index (χ1v) is 22.1. The zero-order valence-corrected chi connectivity index (χ0v) is 33.2. The zero-order chi connectivity index (χ0) is 35.7. The lowest BCUT2D eigenvalue weighted by Gasteiger charge is -2.20. The van der Waals surface area contributed by atoms with Crippen LogP contribution in [0, 0.1) is 0 Å². The maximum absolute atomic E-state index is 12.4. The molecule has 0 aliphatic heterocycles. The van der Waals surface area contributed by atoms with Gasteiger partial charge in [0.1, 0.15) is 0 Å². The van der Waals surface area contributed by atoms with E-state index in [-0.39, 0.29) is 12.5 Å². The van der Waals surface area contributed by atoms with Crippen LogP contribution >= 0.6 is 0 Å². The predicted molar refractivity (Wildman–Crippen MR) is 216 cm³/mol. The van der Waals surface area contributed by atoms with E-state index in [1.165, 1.54) is 193 Å². The molecule has 0 aromatic heterocycles. The third-order valence-electron chi connectivity index (χ3n) is 10.2. The first-order valence-electron chi connectivity index (χ1n) is 22.1. The summed E-state index contributed by atoms with van der Waals surface area (Å²) >= 11 is 0. The van der Waals surface area contributed by atoms with Crippen LogP contribution in [0.4, 0.5) is 0 Å². The Hall–Kier alpha value is -1.13. The van der Waals surface area contributed by atoms with Gasteiger partial charge in [0.2, 0.25) is 5.91 Å². The highest BCUT2D eigenvalue weighted by atomic mass is 16.3. The second-order valence-corrected chi connectivity index (χ2v) is 15.1. The summed E-state index contributed by atoms with van der Waals surface area (Å²) in [6, 6.07) is -0.621. The van der Waals surface area contributed by atoms with Gasteiger partial charge in [0.25, 0.3) is 0 Å². The maximum atomic E-state index is 12.4. The van der Waals surface area contributed by atoms with Crippen LogP contribution in [0.3, 0.4) is 0 Å². The fraction of sp³-hybridized carbons (Fsp3) is 0.889. The predicted octanol–water partition coefficient (Wildman–Crippen LogP) is 13.6. The molecule has 0 spiro atoms. The Labute approximate surface area is 307 Å². The first kappa shape index (κ1) is 47.9. The third kappa shape index (κ3) is 37.9. The summed E-state index contributed by atoms with van der Waals surface area (Å²) in [7, 11) is 0. The quantitative estimate of drug-likeness (QED) is 0.0443. The van der Waals surface area contributed by atoms with E-state index in [1.807, 2.05) is 6.08 Å². The summed E-state index contributed by atoms with van der Waals surface area (Å²) in [6.45, 7) is 4.32. The lowest BCUT2D eigenvalue weighted by molar-refractivity contribution is -0.123. The average Bonchev–Trinajstić information content (AvgIpc) is 3.10. The monoisotopic (exact) mass is 690 g/mol. The Morgan fingerprint density at radius 1 is 0.469 bits per heavy atom. The molecule has 0 aliphatic carbocycles. The van der Waals surface area contributed by atoms with Crippen molar-refractivity contribution in [3.8, 4) is 0 Å². The summed E-state index contributed by atoms with van der Waals surface area (Å²) < 4.78 is 0. The number of rotatable bonds is 40. The first-order chi connectivity index (χ1) is 24.2. The van der Waals surface area contributed by atoms with Crippen molar-refractivity contribution < 1.29 is 15.0 Å². The number of hydrogen-bond acceptors (Lipinski definition) is 3. The highest BCUT2D eigenvalue weighted by molar-refractivity contribution is 5.76. The van der Waals surface area contributed by atoms with Gasteiger partial charge in [-0.2, -0.15) is 0 Å². The van der Waals surface area contributed by atoms with Crippen LogP contribution in [0.1, 0.15) is 239 Å². The molecule has 4 nitrogen and oxygen atoms in total. The summed E-state index contributed by atoms with van der Waals surface area (Å²) in [5.74, 6) is -0.0666. The summed E-state index contributed by atoms with van der Waals surface area (Å²) in [6.07, 6.45) is 52.8. The normalized spacial score (nSPS) is 13.1. The lowest BCUT2D eigenvalue weighted by atomic mass is 10.0. The number of nitrogens with one attached hydrogen (secondary N) is 1. The van der Waals surface area contributed by atoms with E-state index >= 15 is 0 Å². The molecule has 49 heavy (non-hydrogen) atoms. The number of unbranched alkanes of at least 4 members (excludes halogenated alkanes) is 31. The Kier molecular flexibility index (Phi) is 40.3. The van der Waals surface area contributed by atoms with Crippen LogP contribution in [0.5, 0.6) is 0 Å². The Morgan fingerprint density at radius 3 is 1.12 bits per heavy atom. The molecule has 0 radical (unpaired) electrons. The Bertz CT molecular complexity index is 705. The van der Waals surface area contributed by atoms with Crippen LogP contribution in [0.2, 0.25) is 0 Å². The summed E-state index contributed by atoms with van der Waals surface area (Å²) in [5, 5.41) is 23.0. The molecule has 0 heterocycles. The smallest absolute Gasteiger partial charge is 0.220 e. The molecule has 0 aromatic rings. The van der Waals surface area contributed by atoms with Crippen molar-refractivity contribution in [2.24, 2.45) is 0 Å². The van der Waals surface area contributed by atoms with Gasteiger partial charge < -0.3 is 15.5 Å². The van der Waals surface area contributed by atoms with Gasteiger partial charge in [-0.25, -0.2) is 0 Å². The Balaban J connectivity index is 3.56. The van der Waals surface area contributed by atoms with E-state index in [1.54, 1.807) is 6.08 Å². The van der Waals surface area contributed by atoms with Gasteiger partial charge in [0.15, 0.2) is 0 Å². The summed E-state index contributed by atoms with van der Waals surface area (Å²) in [4.78, 5) is 12.4. The van der Waals surface area contributed by atoms with E-state index in [9.17, 15) is 15.0 Å². The van der Waals surface area contributed by atoms with Crippen molar-refractivity contribution in [1.29, 1.82) is 0 Å². The largest absolute Gasteiger partial charge is 0.394 e. The van der Waals surface area contributed by atoms with Crippen molar-refractivity contribution in [3.63, 3.8) is 0 Å². The van der Waals surface area contributed by atoms with Crippen molar-refractivity contribution in [2.75, 3.05) is 6.61 Å². The van der Waals surface area contributed by atoms with E-state index in [2.05, 4.69) is 31.3 Å². The molecular weight excluding hydrogens is 602 g/mol. The number of carbonyl (C=O) groups excluding carboxylic acids is 1. The van der Waals surface area contributed by atoms with Crippen molar-refractivity contribution in [2.45, 2.75) is 251 Å². The van der Waals surface area contributed by atoms with Crippen LogP contribution in [0.15, 0.2) is 24.3 Å². The van der Waals surface area contributed by atoms with Crippen LogP contribution in [0.25, 0.3) is 0 Å². The minimum Gasteiger partial charge on any atom is -0.394 e. The van der Waals surface area contributed by atoms with Crippen LogP contribution < -0.4 is 5.32 Å². The van der Waals surface area contributed by atoms with Gasteiger partial charge >= 0.3 is 0 Å². The molecule has 0 saturated heterocycles. The number of carbonyl (C=O) groups is 1. The van der Waals surface area contributed by atoms with Gasteiger partial charge in [0, 0.05) is 6.42 Å². The Morgan fingerprint density at radius 2 is 0.776 bits per heavy atom. The minimum absolute atomic E-state index is 0.0666. The molecule has 0 rings (SSSR count). The van der Waals surface area contributed by atoms with Gasteiger partial charge in [-0.05, 0) is 44.9 Å². The maximum Gasteiger partial charge on any atom is 0.220 e. The number of allylic oxidation sites excluding steroid dienone is 3. The van der Waals surface area contributed by atoms with Crippen LogP contribution in [-0.2, 0) is 4.79 Å². The van der Waals surface area contributed by atoms with Gasteiger partial charge in [-0.1, -0.05) is 212 Å². The van der Waals surface area contributed by atoms with Gasteiger partial charge in [-0.15, -0.1) is 0 Å². The highest BCUT2D eigenvalue weighted by Crippen LogP contribution is 2.15. The number of aliphatic hydroxyl groups excluding tert-OH is 2. The van der Waals surface area contributed by atoms with Gasteiger partial charge in [-0.3, -0.25) is 4.79 Å². The molecule has 0 aromatic carbocycles. The van der Waals surface area contributed by atoms with Crippen molar-refractivity contribution in [1.82, 2.24) is 5.32 Å². The van der Waals surface area contributed by atoms with Gasteiger partial charge in [0.05, 0.1) is 18.8 Å². The SMILES string of the molecule is CCCCCCCCCCCC/C=C\CCCCCCCCCC(=O)NC(CO)C(O)/C=C/CCCCCCCCCCCCCCCC. The molecule has 4 heteroatoms. The standard InChI is InChI=1S/C45H87NO3/c1-3-5-7-9-11-13-15-17-19-21-22-23-24-25-27-29-31-33-35-37-39-41-45(49)46-43(42-47)44(48)40-38-36-34-32-30-28-26-20-18-16-14-12-10-8-6-4-2/h23-24,38,40,43-44,47-48H,3-22,25-37,39,41-42H2,1-2H3,(H,46,49)/b24-23-,40-38+. The average molecular weight is 690 g/mol. The second-order valence-electron chi connectivity index (χ2n) is 15.1. The van der Waals surface area contributed by atoms with E-state index in [0.717, 1.165) is 25.7 Å². The number of hydrogen-bond donors (Lipinski definition) is 3. The fourth-order valence-electron chi connectivity index (χ4n) is 6.76. The molecule has 1 amide bonds. The summed E-state index contributed by atoms with van der Waals surface area (Å²) in [5.41, 5.74) is 0. The van der Waals surface area contributed by atoms with E-state index < -0.39 is 12.1 Å². The molecule has 290 valence electrons. The molecule has 3 N–H and O–H groups in total. The lowest BCUT2D eigenvalue weighted by Crippen LogP contribution is -2.45. The molecule has 2 atom stereocenters. The highest BCUT2D eigenvalue weighted by Gasteiger charge is 2.17. The van der Waals surface area contributed by atoms with Crippen molar-refractivity contribution >= 4 is 5.91 Å². The zero-order valence-electron chi connectivity index (χ0n) is 33.2. The van der Waals surface area contributed by atoms with Crippen molar-refractivity contribution in [3.05, 3.63) is 24.3 Å². The topological polar surface area (TPSA) is 69.6 Å².